The second kappa shape index (κ2) is 9.14. The molecule has 0 bridgehead atoms. The van der Waals surface area contributed by atoms with E-state index in [0.717, 1.165) is 16.9 Å². The third-order valence-electron chi connectivity index (χ3n) is 3.88. The normalized spacial score (nSPS) is 10.4. The third-order valence-corrected chi connectivity index (χ3v) is 4.67. The first-order chi connectivity index (χ1) is 13.5. The van der Waals surface area contributed by atoms with Crippen molar-refractivity contribution in [2.75, 3.05) is 24.9 Å². The average molecular weight is 437 g/mol. The Balaban J connectivity index is 1.62. The summed E-state index contributed by atoms with van der Waals surface area (Å²) in [6.45, 7) is 0.521. The van der Waals surface area contributed by atoms with Crippen LogP contribution in [0.3, 0.4) is 0 Å². The van der Waals surface area contributed by atoms with Crippen LogP contribution in [0.2, 0.25) is 10.0 Å². The average Bonchev–Trinajstić information content (AvgIpc) is 3.10. The molecule has 9 heteroatoms. The van der Waals surface area contributed by atoms with Gasteiger partial charge in [-0.3, -0.25) is 4.68 Å². The van der Waals surface area contributed by atoms with E-state index < -0.39 is 0 Å². The van der Waals surface area contributed by atoms with Crippen molar-refractivity contribution < 1.29 is 9.47 Å². The van der Waals surface area contributed by atoms with E-state index in [9.17, 15) is 0 Å². The molecule has 0 aliphatic carbocycles. The largest absolute Gasteiger partial charge is 0.493 e. The lowest BCUT2D eigenvalue weighted by molar-refractivity contribution is 0.355. The molecule has 2 N–H and O–H groups in total. The van der Waals surface area contributed by atoms with E-state index in [4.69, 9.17) is 44.9 Å². The number of rotatable bonds is 6. The monoisotopic (exact) mass is 436 g/mol. The SMILES string of the molecule is COc1ccc(NC(=S)Nc2cnn(Cc3ccc(Cl)cc3Cl)c2)cc1OC. The van der Waals surface area contributed by atoms with Crippen molar-refractivity contribution in [1.29, 1.82) is 0 Å². The number of nitrogens with one attached hydrogen (secondary N) is 2. The fourth-order valence-corrected chi connectivity index (χ4v) is 3.25. The molecule has 3 aromatic rings. The van der Waals surface area contributed by atoms with Crippen LogP contribution in [-0.4, -0.2) is 29.1 Å². The molecule has 0 radical (unpaired) electrons. The van der Waals surface area contributed by atoms with Crippen molar-refractivity contribution in [3.05, 3.63) is 64.4 Å². The number of hydrogen-bond donors (Lipinski definition) is 2. The lowest BCUT2D eigenvalue weighted by atomic mass is 10.2. The van der Waals surface area contributed by atoms with Crippen LogP contribution in [0.15, 0.2) is 48.8 Å². The van der Waals surface area contributed by atoms with Crippen molar-refractivity contribution in [3.63, 3.8) is 0 Å². The molecule has 0 saturated carbocycles. The van der Waals surface area contributed by atoms with Crippen molar-refractivity contribution in [1.82, 2.24) is 9.78 Å². The molecule has 0 amide bonds. The molecule has 1 heterocycles. The van der Waals surface area contributed by atoms with Crippen LogP contribution in [0.25, 0.3) is 0 Å². The van der Waals surface area contributed by atoms with E-state index in [2.05, 4.69) is 15.7 Å². The van der Waals surface area contributed by atoms with Gasteiger partial charge in [-0.05, 0) is 42.0 Å². The molecule has 146 valence electrons. The van der Waals surface area contributed by atoms with E-state index >= 15 is 0 Å². The minimum absolute atomic E-state index is 0.427. The molecule has 3 rings (SSSR count). The van der Waals surface area contributed by atoms with Crippen LogP contribution < -0.4 is 20.1 Å². The van der Waals surface area contributed by atoms with Crippen LogP contribution in [0.5, 0.6) is 11.5 Å². The van der Waals surface area contributed by atoms with Gasteiger partial charge in [0.25, 0.3) is 0 Å². The van der Waals surface area contributed by atoms with Gasteiger partial charge < -0.3 is 20.1 Å². The number of nitrogens with zero attached hydrogens (tertiary/aromatic N) is 2. The van der Waals surface area contributed by atoms with E-state index in [-0.39, 0.29) is 0 Å². The summed E-state index contributed by atoms with van der Waals surface area (Å²) in [7, 11) is 3.17. The number of aromatic nitrogens is 2. The van der Waals surface area contributed by atoms with Gasteiger partial charge in [0.2, 0.25) is 0 Å². The molecule has 2 aromatic carbocycles. The fourth-order valence-electron chi connectivity index (χ4n) is 2.55. The highest BCUT2D eigenvalue weighted by Crippen LogP contribution is 2.29. The van der Waals surface area contributed by atoms with Crippen LogP contribution in [0.4, 0.5) is 11.4 Å². The Morgan fingerprint density at radius 3 is 2.50 bits per heavy atom. The first kappa shape index (κ1) is 20.3. The number of methoxy groups -OCH3 is 2. The molecule has 0 aliphatic heterocycles. The van der Waals surface area contributed by atoms with Gasteiger partial charge in [-0.2, -0.15) is 5.10 Å². The molecule has 1 aromatic heterocycles. The first-order valence-electron chi connectivity index (χ1n) is 8.25. The number of hydrogen-bond acceptors (Lipinski definition) is 4. The van der Waals surface area contributed by atoms with Gasteiger partial charge in [-0.15, -0.1) is 0 Å². The zero-order chi connectivity index (χ0) is 20.1. The maximum atomic E-state index is 6.22. The highest BCUT2D eigenvalue weighted by molar-refractivity contribution is 7.80. The quantitative estimate of drug-likeness (QED) is 0.526. The lowest BCUT2D eigenvalue weighted by Gasteiger charge is -2.12. The Bertz CT molecular complexity index is 994. The van der Waals surface area contributed by atoms with Gasteiger partial charge in [0, 0.05) is 28.0 Å². The second-order valence-corrected chi connectivity index (χ2v) is 7.06. The summed E-state index contributed by atoms with van der Waals surface area (Å²) in [5, 5.41) is 12.2. The lowest BCUT2D eigenvalue weighted by Crippen LogP contribution is -2.18. The molecular formula is C19H18Cl2N4O2S. The zero-order valence-corrected chi connectivity index (χ0v) is 17.5. The maximum absolute atomic E-state index is 6.22. The number of thiocarbonyl (C=S) groups is 1. The predicted molar refractivity (Wildman–Crippen MR) is 117 cm³/mol. The minimum Gasteiger partial charge on any atom is -0.493 e. The number of halogens is 2. The number of ether oxygens (including phenoxy) is 2. The summed E-state index contributed by atoms with van der Waals surface area (Å²) < 4.78 is 12.3. The standard InChI is InChI=1S/C19H18Cl2N4O2S/c1-26-17-6-5-14(8-18(17)27-2)23-19(28)24-15-9-22-25(11-15)10-12-3-4-13(20)7-16(12)21/h3-9,11H,10H2,1-2H3,(H2,23,24,28). The third kappa shape index (κ3) is 5.07. The molecular weight excluding hydrogens is 419 g/mol. The number of benzene rings is 2. The summed E-state index contributed by atoms with van der Waals surface area (Å²) in [5.41, 5.74) is 2.45. The summed E-state index contributed by atoms with van der Waals surface area (Å²) in [4.78, 5) is 0. The van der Waals surface area contributed by atoms with Gasteiger partial charge in [-0.1, -0.05) is 29.3 Å². The molecule has 0 atom stereocenters. The Kier molecular flexibility index (Phi) is 6.61. The maximum Gasteiger partial charge on any atom is 0.175 e. The van der Waals surface area contributed by atoms with Crippen LogP contribution in [-0.2, 0) is 6.54 Å². The fraction of sp³-hybridized carbons (Fsp3) is 0.158. The summed E-state index contributed by atoms with van der Waals surface area (Å²) >= 11 is 17.5. The highest BCUT2D eigenvalue weighted by Gasteiger charge is 2.08. The summed E-state index contributed by atoms with van der Waals surface area (Å²) in [5.74, 6) is 1.26. The molecule has 28 heavy (non-hydrogen) atoms. The first-order valence-corrected chi connectivity index (χ1v) is 9.41. The van der Waals surface area contributed by atoms with E-state index in [1.54, 1.807) is 49.4 Å². The Labute approximate surface area is 178 Å². The van der Waals surface area contributed by atoms with E-state index in [1.807, 2.05) is 18.3 Å². The van der Waals surface area contributed by atoms with Gasteiger partial charge in [-0.25, -0.2) is 0 Å². The smallest absolute Gasteiger partial charge is 0.175 e. The second-order valence-electron chi connectivity index (χ2n) is 5.81. The summed E-state index contributed by atoms with van der Waals surface area (Å²) in [6.07, 6.45) is 3.53. The Hall–Kier alpha value is -2.48. The van der Waals surface area contributed by atoms with Crippen LogP contribution in [0.1, 0.15) is 5.56 Å². The van der Waals surface area contributed by atoms with Crippen molar-refractivity contribution >= 4 is 51.9 Å². The van der Waals surface area contributed by atoms with Crippen LogP contribution in [0, 0.1) is 0 Å². The molecule has 0 spiro atoms. The van der Waals surface area contributed by atoms with Crippen LogP contribution >= 0.6 is 35.4 Å². The molecule has 6 nitrogen and oxygen atoms in total. The van der Waals surface area contributed by atoms with E-state index in [0.29, 0.717) is 33.2 Å². The van der Waals surface area contributed by atoms with Crippen molar-refractivity contribution in [2.24, 2.45) is 0 Å². The Morgan fingerprint density at radius 1 is 1.04 bits per heavy atom. The molecule has 0 saturated heterocycles. The topological polar surface area (TPSA) is 60.3 Å². The summed E-state index contributed by atoms with van der Waals surface area (Å²) in [6, 6.07) is 10.8. The van der Waals surface area contributed by atoms with Gasteiger partial charge >= 0.3 is 0 Å². The van der Waals surface area contributed by atoms with Gasteiger partial charge in [0.1, 0.15) is 0 Å². The minimum atomic E-state index is 0.427. The highest BCUT2D eigenvalue weighted by atomic mass is 35.5. The van der Waals surface area contributed by atoms with Gasteiger partial charge in [0.15, 0.2) is 16.6 Å². The predicted octanol–water partition coefficient (Wildman–Crippen LogP) is 5.06. The van der Waals surface area contributed by atoms with Gasteiger partial charge in [0.05, 0.1) is 32.6 Å². The number of anilines is 2. The zero-order valence-electron chi connectivity index (χ0n) is 15.2. The van der Waals surface area contributed by atoms with Crippen molar-refractivity contribution in [2.45, 2.75) is 6.54 Å². The molecule has 0 aliphatic rings. The van der Waals surface area contributed by atoms with Crippen molar-refractivity contribution in [3.8, 4) is 11.5 Å². The molecule has 0 fully saturated rings. The Morgan fingerprint density at radius 2 is 1.79 bits per heavy atom. The van der Waals surface area contributed by atoms with E-state index in [1.165, 1.54) is 0 Å². The molecule has 0 unspecified atom stereocenters.